The van der Waals surface area contributed by atoms with Gasteiger partial charge in [-0.15, -0.1) is 0 Å². The Balaban J connectivity index is 2.30. The smallest absolute Gasteiger partial charge is 0.332 e. The fourth-order valence-corrected chi connectivity index (χ4v) is 1.78. The molecule has 1 N–H and O–H groups in total. The molecule has 0 radical (unpaired) electrons. The molecule has 0 aliphatic rings. The molecule has 0 saturated heterocycles. The van der Waals surface area contributed by atoms with Crippen molar-refractivity contribution in [3.63, 3.8) is 0 Å². The van der Waals surface area contributed by atoms with Crippen molar-refractivity contribution >= 4 is 11.7 Å². The van der Waals surface area contributed by atoms with Crippen LogP contribution < -0.4 is 5.32 Å². The van der Waals surface area contributed by atoms with Crippen LogP contribution in [0.2, 0.25) is 0 Å². The molecule has 0 aliphatic carbocycles. The van der Waals surface area contributed by atoms with Crippen molar-refractivity contribution in [3.05, 3.63) is 66.0 Å². The number of rotatable bonds is 4. The second kappa shape index (κ2) is 6.00. The summed E-state index contributed by atoms with van der Waals surface area (Å²) in [4.78, 5) is 11.8. The topological polar surface area (TPSA) is 38.3 Å². The summed E-state index contributed by atoms with van der Waals surface area (Å²) in [6, 6.07) is 14.5. The highest BCUT2D eigenvalue weighted by Crippen LogP contribution is 2.22. The van der Waals surface area contributed by atoms with Crippen LogP contribution in [0.15, 0.2) is 54.6 Å². The highest BCUT2D eigenvalue weighted by molar-refractivity contribution is 5.81. The van der Waals surface area contributed by atoms with Gasteiger partial charge in [-0.25, -0.2) is 9.18 Å². The minimum absolute atomic E-state index is 0.266. The van der Waals surface area contributed by atoms with E-state index in [1.807, 2.05) is 18.2 Å². The maximum absolute atomic E-state index is 13.6. The molecular weight excluding hydrogens is 245 g/mol. The van der Waals surface area contributed by atoms with Crippen LogP contribution >= 0.6 is 0 Å². The number of ether oxygens (including phenoxy) is 1. The molecule has 0 heterocycles. The van der Waals surface area contributed by atoms with Gasteiger partial charge in [0.25, 0.3) is 0 Å². The molecular formula is C15H14FNO2. The van der Waals surface area contributed by atoms with Crippen LogP contribution in [0.3, 0.4) is 0 Å². The number of nitrogens with one attached hydrogen (secondary N) is 1. The first-order valence-electron chi connectivity index (χ1n) is 5.86. The number of anilines is 1. The number of benzene rings is 2. The van der Waals surface area contributed by atoms with Crippen molar-refractivity contribution in [2.75, 3.05) is 12.4 Å². The lowest BCUT2D eigenvalue weighted by atomic mass is 10.1. The molecule has 0 aliphatic heterocycles. The standard InChI is InChI=1S/C15H14FNO2/c1-19-15(18)14(11-7-3-2-4-8-11)17-13-10-6-5-9-12(13)16/h2-10,14,17H,1H3. The van der Waals surface area contributed by atoms with Crippen LogP contribution in [0.1, 0.15) is 11.6 Å². The van der Waals surface area contributed by atoms with Gasteiger partial charge < -0.3 is 10.1 Å². The van der Waals surface area contributed by atoms with E-state index in [2.05, 4.69) is 5.32 Å². The lowest BCUT2D eigenvalue weighted by Crippen LogP contribution is -2.22. The molecule has 1 unspecified atom stereocenters. The van der Waals surface area contributed by atoms with Gasteiger partial charge in [-0.05, 0) is 17.7 Å². The summed E-state index contributed by atoms with van der Waals surface area (Å²) in [6.45, 7) is 0. The molecule has 1 atom stereocenters. The molecule has 3 nitrogen and oxygen atoms in total. The average molecular weight is 259 g/mol. The van der Waals surface area contributed by atoms with E-state index in [0.717, 1.165) is 5.56 Å². The molecule has 98 valence electrons. The lowest BCUT2D eigenvalue weighted by molar-refractivity contribution is -0.141. The molecule has 0 spiro atoms. The van der Waals surface area contributed by atoms with Crippen molar-refractivity contribution < 1.29 is 13.9 Å². The van der Waals surface area contributed by atoms with Gasteiger partial charge in [0.2, 0.25) is 0 Å². The molecule has 4 heteroatoms. The van der Waals surface area contributed by atoms with Crippen LogP contribution in [0, 0.1) is 5.82 Å². The van der Waals surface area contributed by atoms with E-state index in [0.29, 0.717) is 0 Å². The monoisotopic (exact) mass is 259 g/mol. The highest BCUT2D eigenvalue weighted by atomic mass is 19.1. The van der Waals surface area contributed by atoms with E-state index in [1.165, 1.54) is 13.2 Å². The number of carbonyl (C=O) groups excluding carboxylic acids is 1. The third kappa shape index (κ3) is 3.10. The lowest BCUT2D eigenvalue weighted by Gasteiger charge is -2.18. The predicted octanol–water partition coefficient (Wildman–Crippen LogP) is 3.15. The highest BCUT2D eigenvalue weighted by Gasteiger charge is 2.21. The predicted molar refractivity (Wildman–Crippen MR) is 71.2 cm³/mol. The first kappa shape index (κ1) is 13.1. The molecule has 19 heavy (non-hydrogen) atoms. The van der Waals surface area contributed by atoms with Gasteiger partial charge in [0.15, 0.2) is 6.04 Å². The van der Waals surface area contributed by atoms with Gasteiger partial charge in [0, 0.05) is 0 Å². The van der Waals surface area contributed by atoms with Gasteiger partial charge in [-0.1, -0.05) is 42.5 Å². The van der Waals surface area contributed by atoms with Crippen LogP contribution in [-0.2, 0) is 9.53 Å². The summed E-state index contributed by atoms with van der Waals surface area (Å²) in [5.41, 5.74) is 0.986. The largest absolute Gasteiger partial charge is 0.467 e. The molecule has 0 amide bonds. The van der Waals surface area contributed by atoms with Crippen LogP contribution in [0.5, 0.6) is 0 Å². The third-order valence-electron chi connectivity index (χ3n) is 2.74. The number of para-hydroxylation sites is 1. The number of hydrogen-bond donors (Lipinski definition) is 1. The second-order valence-electron chi connectivity index (χ2n) is 3.99. The molecule has 2 rings (SSSR count). The van der Waals surface area contributed by atoms with Gasteiger partial charge in [0.1, 0.15) is 5.82 Å². The Hall–Kier alpha value is -2.36. The number of esters is 1. The van der Waals surface area contributed by atoms with Crippen molar-refractivity contribution in [2.45, 2.75) is 6.04 Å². The summed E-state index contributed by atoms with van der Waals surface area (Å²) in [5, 5.41) is 2.86. The van der Waals surface area contributed by atoms with E-state index in [-0.39, 0.29) is 5.69 Å². The maximum Gasteiger partial charge on any atom is 0.332 e. The maximum atomic E-state index is 13.6. The van der Waals surface area contributed by atoms with Crippen molar-refractivity contribution in [1.82, 2.24) is 0 Å². The number of carbonyl (C=O) groups is 1. The van der Waals surface area contributed by atoms with Gasteiger partial charge in [-0.2, -0.15) is 0 Å². The number of hydrogen-bond acceptors (Lipinski definition) is 3. The van der Waals surface area contributed by atoms with Gasteiger partial charge >= 0.3 is 5.97 Å². The van der Waals surface area contributed by atoms with E-state index in [1.54, 1.807) is 30.3 Å². The molecule has 0 saturated carbocycles. The second-order valence-corrected chi connectivity index (χ2v) is 3.99. The molecule has 0 fully saturated rings. The summed E-state index contributed by atoms with van der Waals surface area (Å²) < 4.78 is 18.4. The van der Waals surface area contributed by atoms with Gasteiger partial charge in [-0.3, -0.25) is 0 Å². The van der Waals surface area contributed by atoms with E-state index < -0.39 is 17.8 Å². The van der Waals surface area contributed by atoms with Gasteiger partial charge in [0.05, 0.1) is 12.8 Å². The van der Waals surface area contributed by atoms with Crippen LogP contribution in [0.25, 0.3) is 0 Å². The zero-order valence-electron chi connectivity index (χ0n) is 10.5. The number of methoxy groups -OCH3 is 1. The molecule has 0 bridgehead atoms. The molecule has 2 aromatic carbocycles. The first-order valence-corrected chi connectivity index (χ1v) is 5.86. The number of halogens is 1. The zero-order valence-corrected chi connectivity index (χ0v) is 10.5. The summed E-state index contributed by atoms with van der Waals surface area (Å²) >= 11 is 0. The van der Waals surface area contributed by atoms with Crippen LogP contribution in [-0.4, -0.2) is 13.1 Å². The van der Waals surface area contributed by atoms with E-state index >= 15 is 0 Å². The normalized spacial score (nSPS) is 11.7. The Bertz CT molecular complexity index is 557. The fraction of sp³-hybridized carbons (Fsp3) is 0.133. The minimum Gasteiger partial charge on any atom is -0.467 e. The summed E-state index contributed by atoms with van der Waals surface area (Å²) in [7, 11) is 1.31. The Morgan fingerprint density at radius 1 is 1.11 bits per heavy atom. The summed E-state index contributed by atoms with van der Waals surface area (Å²) in [5.74, 6) is -0.873. The quantitative estimate of drug-likeness (QED) is 0.857. The fourth-order valence-electron chi connectivity index (χ4n) is 1.78. The van der Waals surface area contributed by atoms with Crippen molar-refractivity contribution in [2.24, 2.45) is 0 Å². The Labute approximate surface area is 111 Å². The molecule has 2 aromatic rings. The zero-order chi connectivity index (χ0) is 13.7. The van der Waals surface area contributed by atoms with E-state index in [4.69, 9.17) is 4.74 Å². The Morgan fingerprint density at radius 2 is 1.74 bits per heavy atom. The minimum atomic E-state index is -0.733. The van der Waals surface area contributed by atoms with Crippen molar-refractivity contribution in [1.29, 1.82) is 0 Å². The van der Waals surface area contributed by atoms with Crippen LogP contribution in [0.4, 0.5) is 10.1 Å². The Kier molecular flexibility index (Phi) is 4.13. The average Bonchev–Trinajstić information content (AvgIpc) is 2.46. The van der Waals surface area contributed by atoms with Crippen molar-refractivity contribution in [3.8, 4) is 0 Å². The SMILES string of the molecule is COC(=O)C(Nc1ccccc1F)c1ccccc1. The molecule has 0 aromatic heterocycles. The Morgan fingerprint density at radius 3 is 2.37 bits per heavy atom. The summed E-state index contributed by atoms with van der Waals surface area (Å²) in [6.07, 6.45) is 0. The first-order chi connectivity index (χ1) is 9.22. The van der Waals surface area contributed by atoms with E-state index in [9.17, 15) is 9.18 Å². The third-order valence-corrected chi connectivity index (χ3v) is 2.74.